The zero-order valence-electron chi connectivity index (χ0n) is 20.6. The third kappa shape index (κ3) is 4.73. The van der Waals surface area contributed by atoms with Crippen molar-refractivity contribution in [2.75, 3.05) is 9.96 Å². The quantitative estimate of drug-likeness (QED) is 0.101. The lowest BCUT2D eigenvalue weighted by atomic mass is 9.90. The number of aromatic amines is 1. The lowest BCUT2D eigenvalue weighted by Crippen LogP contribution is -2.37. The summed E-state index contributed by atoms with van der Waals surface area (Å²) in [5, 5.41) is 19.1. The van der Waals surface area contributed by atoms with Crippen molar-refractivity contribution in [3.8, 4) is 5.75 Å². The number of benzene rings is 3. The number of hydrogen-bond acceptors (Lipinski definition) is 9. The Labute approximate surface area is 244 Å². The van der Waals surface area contributed by atoms with Crippen molar-refractivity contribution in [1.29, 1.82) is 0 Å². The van der Waals surface area contributed by atoms with Gasteiger partial charge in [0.05, 0.1) is 33.6 Å². The molecule has 2 aliphatic rings. The first kappa shape index (κ1) is 26.6. The first-order valence-corrected chi connectivity index (χ1v) is 13.2. The van der Waals surface area contributed by atoms with Gasteiger partial charge in [-0.3, -0.25) is 29.6 Å². The van der Waals surface area contributed by atoms with E-state index in [0.717, 1.165) is 9.37 Å². The number of rotatable bonds is 6. The smallest absolute Gasteiger partial charge is 0.363 e. The van der Waals surface area contributed by atoms with Crippen LogP contribution in [0.5, 0.6) is 5.75 Å². The number of halogens is 2. The van der Waals surface area contributed by atoms with Gasteiger partial charge < -0.3 is 4.74 Å². The lowest BCUT2D eigenvalue weighted by molar-refractivity contribution is -0.384. The van der Waals surface area contributed by atoms with Crippen LogP contribution in [0.1, 0.15) is 22.1 Å². The SMILES string of the molecule is O=C(Oc1ccc(C2C3C(=O)N(c4ccc(Br)cc4)C(=O)C3ON2c2cccc([N+](=O)[O-])c2)cc1)c1[nH]ncc1Cl. The summed E-state index contributed by atoms with van der Waals surface area (Å²) in [6, 6.07) is 17.9. The topological polar surface area (TPSA) is 148 Å². The number of nitrogens with zero attached hydrogens (tertiary/aromatic N) is 4. The van der Waals surface area contributed by atoms with E-state index in [1.807, 2.05) is 0 Å². The highest BCUT2D eigenvalue weighted by Crippen LogP contribution is 2.48. The molecule has 3 atom stereocenters. The van der Waals surface area contributed by atoms with Crippen molar-refractivity contribution in [1.82, 2.24) is 10.2 Å². The zero-order valence-corrected chi connectivity index (χ0v) is 23.0. The number of nitrogens with one attached hydrogen (secondary N) is 1. The second kappa shape index (κ2) is 10.4. The highest BCUT2D eigenvalue weighted by molar-refractivity contribution is 9.10. The Kier molecular flexibility index (Phi) is 6.77. The molecule has 2 fully saturated rings. The molecule has 14 heteroatoms. The molecule has 41 heavy (non-hydrogen) atoms. The molecule has 12 nitrogen and oxygen atoms in total. The van der Waals surface area contributed by atoms with Crippen LogP contribution < -0.4 is 14.7 Å². The summed E-state index contributed by atoms with van der Waals surface area (Å²) in [4.78, 5) is 57.8. The molecule has 206 valence electrons. The number of anilines is 2. The van der Waals surface area contributed by atoms with E-state index >= 15 is 0 Å². The molecule has 1 aromatic heterocycles. The van der Waals surface area contributed by atoms with Gasteiger partial charge >= 0.3 is 5.97 Å². The number of hydroxylamine groups is 1. The van der Waals surface area contributed by atoms with Crippen molar-refractivity contribution in [2.24, 2.45) is 5.92 Å². The Balaban J connectivity index is 1.36. The van der Waals surface area contributed by atoms with E-state index in [1.165, 1.54) is 41.6 Å². The minimum absolute atomic E-state index is 0.0114. The maximum absolute atomic E-state index is 13.8. The number of amides is 2. The van der Waals surface area contributed by atoms with Crippen LogP contribution in [0.25, 0.3) is 0 Å². The Hall–Kier alpha value is -4.59. The number of nitro benzene ring substituents is 1. The molecule has 3 aromatic carbocycles. The maximum atomic E-state index is 13.8. The molecule has 3 unspecified atom stereocenters. The van der Waals surface area contributed by atoms with Crippen LogP contribution in [0.15, 0.2) is 83.5 Å². The Morgan fingerprint density at radius 3 is 2.44 bits per heavy atom. The van der Waals surface area contributed by atoms with Gasteiger partial charge in [0, 0.05) is 16.6 Å². The van der Waals surface area contributed by atoms with Crippen LogP contribution >= 0.6 is 27.5 Å². The van der Waals surface area contributed by atoms with Crippen LogP contribution in [0.4, 0.5) is 17.1 Å². The van der Waals surface area contributed by atoms with Gasteiger partial charge in [-0.2, -0.15) is 5.10 Å². The van der Waals surface area contributed by atoms with Gasteiger partial charge in [0.25, 0.3) is 11.6 Å². The summed E-state index contributed by atoms with van der Waals surface area (Å²) < 4.78 is 6.15. The van der Waals surface area contributed by atoms with Gasteiger partial charge in [0.1, 0.15) is 11.7 Å². The molecule has 2 amide bonds. The lowest BCUT2D eigenvalue weighted by Gasteiger charge is -2.28. The minimum atomic E-state index is -1.17. The van der Waals surface area contributed by atoms with Gasteiger partial charge in [-0.1, -0.05) is 45.7 Å². The number of H-pyrrole nitrogens is 1. The number of aromatic nitrogens is 2. The fourth-order valence-electron chi connectivity index (χ4n) is 4.87. The van der Waals surface area contributed by atoms with E-state index in [-0.39, 0.29) is 22.2 Å². The van der Waals surface area contributed by atoms with Gasteiger partial charge in [-0.15, -0.1) is 0 Å². The van der Waals surface area contributed by atoms with E-state index in [4.69, 9.17) is 21.2 Å². The fourth-order valence-corrected chi connectivity index (χ4v) is 5.30. The van der Waals surface area contributed by atoms with Crippen molar-refractivity contribution in [3.05, 3.63) is 110 Å². The molecule has 6 rings (SSSR count). The molecule has 2 aliphatic heterocycles. The normalized spacial score (nSPS) is 19.9. The van der Waals surface area contributed by atoms with Crippen LogP contribution in [-0.2, 0) is 14.4 Å². The summed E-state index contributed by atoms with van der Waals surface area (Å²) in [6.07, 6.45) is 0.105. The molecule has 0 bridgehead atoms. The first-order chi connectivity index (χ1) is 19.7. The summed E-state index contributed by atoms with van der Waals surface area (Å²) >= 11 is 9.28. The average Bonchev–Trinajstić information content (AvgIpc) is 3.64. The molecule has 0 aliphatic carbocycles. The predicted octanol–water partition coefficient (Wildman–Crippen LogP) is 5.00. The zero-order chi connectivity index (χ0) is 28.8. The van der Waals surface area contributed by atoms with Crippen molar-refractivity contribution in [3.63, 3.8) is 0 Å². The molecule has 0 radical (unpaired) electrons. The summed E-state index contributed by atoms with van der Waals surface area (Å²) in [7, 11) is 0. The van der Waals surface area contributed by atoms with E-state index in [1.54, 1.807) is 42.5 Å². The number of esters is 1. The number of imide groups is 1. The van der Waals surface area contributed by atoms with E-state index in [2.05, 4.69) is 26.1 Å². The number of ether oxygens (including phenoxy) is 1. The standard InChI is InChI=1S/C27H17BrClN5O7/c28-15-6-8-16(9-7-15)32-25(35)21-23(14-4-10-19(11-5-14)40-27(37)22-20(29)13-30-31-22)33(41-24(21)26(32)36)17-2-1-3-18(12-17)34(38)39/h1-13,21,23-24H,(H,30,31). The van der Waals surface area contributed by atoms with Gasteiger partial charge in [0.2, 0.25) is 5.91 Å². The molecule has 1 N–H and O–H groups in total. The highest BCUT2D eigenvalue weighted by atomic mass is 79.9. The summed E-state index contributed by atoms with van der Waals surface area (Å²) in [6.45, 7) is 0. The van der Waals surface area contributed by atoms with E-state index in [9.17, 15) is 24.5 Å². The van der Waals surface area contributed by atoms with E-state index < -0.39 is 40.8 Å². The fraction of sp³-hybridized carbons (Fsp3) is 0.111. The molecule has 0 spiro atoms. The predicted molar refractivity (Wildman–Crippen MR) is 148 cm³/mol. The van der Waals surface area contributed by atoms with Crippen LogP contribution in [0.2, 0.25) is 5.02 Å². The van der Waals surface area contributed by atoms with Gasteiger partial charge in [0.15, 0.2) is 11.8 Å². The molecule has 2 saturated heterocycles. The monoisotopic (exact) mass is 637 g/mol. The number of non-ortho nitro benzene ring substituents is 1. The average molecular weight is 639 g/mol. The number of fused-ring (bicyclic) bond motifs is 1. The second-order valence-corrected chi connectivity index (χ2v) is 10.5. The Morgan fingerprint density at radius 2 is 1.78 bits per heavy atom. The number of carbonyl (C=O) groups excluding carboxylic acids is 3. The molecule has 4 aromatic rings. The minimum Gasteiger partial charge on any atom is -0.422 e. The van der Waals surface area contributed by atoms with Crippen molar-refractivity contribution in [2.45, 2.75) is 12.1 Å². The van der Waals surface area contributed by atoms with Crippen LogP contribution in [-0.4, -0.2) is 39.0 Å². The largest absolute Gasteiger partial charge is 0.422 e. The first-order valence-electron chi connectivity index (χ1n) is 12.1. The Morgan fingerprint density at radius 1 is 1.05 bits per heavy atom. The van der Waals surface area contributed by atoms with Crippen molar-refractivity contribution < 1.29 is 28.9 Å². The second-order valence-electron chi connectivity index (χ2n) is 9.14. The number of hydrogen-bond donors (Lipinski definition) is 1. The van der Waals surface area contributed by atoms with Crippen molar-refractivity contribution >= 4 is 62.4 Å². The van der Waals surface area contributed by atoms with Gasteiger partial charge in [-0.05, 0) is 48.0 Å². The maximum Gasteiger partial charge on any atom is 0.363 e. The van der Waals surface area contributed by atoms with Crippen LogP contribution in [0, 0.1) is 16.0 Å². The third-order valence-electron chi connectivity index (χ3n) is 6.72. The van der Waals surface area contributed by atoms with Gasteiger partial charge in [-0.25, -0.2) is 14.8 Å². The third-order valence-corrected chi connectivity index (χ3v) is 7.54. The number of nitro groups is 1. The highest BCUT2D eigenvalue weighted by Gasteiger charge is 2.60. The summed E-state index contributed by atoms with van der Waals surface area (Å²) in [5.74, 6) is -2.56. The molecular formula is C27H17BrClN5O7. The molecular weight excluding hydrogens is 622 g/mol. The van der Waals surface area contributed by atoms with Crippen LogP contribution in [0.3, 0.4) is 0 Å². The number of carbonyl (C=O) groups is 3. The molecule has 3 heterocycles. The van der Waals surface area contributed by atoms with E-state index in [0.29, 0.717) is 16.9 Å². The summed E-state index contributed by atoms with van der Waals surface area (Å²) in [5.41, 5.74) is 1.03. The molecule has 0 saturated carbocycles. The Bertz CT molecular complexity index is 1690.